The quantitative estimate of drug-likeness (QED) is 0.722. The van der Waals surface area contributed by atoms with Gasteiger partial charge in [0.1, 0.15) is 12.4 Å². The van der Waals surface area contributed by atoms with Gasteiger partial charge in [0.15, 0.2) is 4.90 Å². The molecule has 0 aliphatic heterocycles. The number of rotatable bonds is 6. The molecule has 24 heavy (non-hydrogen) atoms. The van der Waals surface area contributed by atoms with Gasteiger partial charge in [0.25, 0.3) is 5.56 Å². The summed E-state index contributed by atoms with van der Waals surface area (Å²) in [6, 6.07) is 7.36. The normalized spacial score (nSPS) is 11.5. The van der Waals surface area contributed by atoms with Crippen LogP contribution in [0.4, 0.5) is 0 Å². The Morgan fingerprint density at radius 1 is 1.17 bits per heavy atom. The summed E-state index contributed by atoms with van der Waals surface area (Å²) in [6.45, 7) is 1.98. The minimum absolute atomic E-state index is 0.0112. The van der Waals surface area contributed by atoms with Crippen LogP contribution in [0.3, 0.4) is 0 Å². The summed E-state index contributed by atoms with van der Waals surface area (Å²) in [6.07, 6.45) is 1.01. The third-order valence-electron chi connectivity index (χ3n) is 3.45. The Balaban J connectivity index is 2.09. The SMILES string of the molecule is Cc1ccccc1OCCNS(=O)(=O)c1cn(C)c(=O)n(C)c1=O. The number of hydrogen-bond donors (Lipinski definition) is 1. The average Bonchev–Trinajstić information content (AvgIpc) is 2.54. The molecule has 1 heterocycles. The predicted octanol–water partition coefficient (Wildman–Crippen LogP) is -0.250. The number of benzene rings is 1. The maximum absolute atomic E-state index is 12.3. The highest BCUT2D eigenvalue weighted by molar-refractivity contribution is 7.89. The Labute approximate surface area is 139 Å². The first-order valence-corrected chi connectivity index (χ1v) is 8.67. The number of hydrogen-bond acceptors (Lipinski definition) is 5. The molecular formula is C15H19N3O5S. The highest BCUT2D eigenvalue weighted by atomic mass is 32.2. The second-order valence-corrected chi connectivity index (χ2v) is 7.00. The topological polar surface area (TPSA) is 99.4 Å². The molecule has 0 aliphatic rings. The largest absolute Gasteiger partial charge is 0.492 e. The highest BCUT2D eigenvalue weighted by Gasteiger charge is 2.20. The van der Waals surface area contributed by atoms with E-state index >= 15 is 0 Å². The zero-order valence-corrected chi connectivity index (χ0v) is 14.5. The van der Waals surface area contributed by atoms with Gasteiger partial charge in [-0.1, -0.05) is 18.2 Å². The van der Waals surface area contributed by atoms with Crippen LogP contribution in [0.1, 0.15) is 5.56 Å². The standard InChI is InChI=1S/C15H19N3O5S/c1-11-6-4-5-7-12(11)23-9-8-16-24(21,22)13-10-17(2)15(20)18(3)14(13)19/h4-7,10,16H,8-9H2,1-3H3. The van der Waals surface area contributed by atoms with Crippen molar-refractivity contribution in [3.05, 3.63) is 56.9 Å². The summed E-state index contributed by atoms with van der Waals surface area (Å²) < 4.78 is 34.1. The zero-order chi connectivity index (χ0) is 17.9. The van der Waals surface area contributed by atoms with Crippen LogP contribution in [0.5, 0.6) is 5.75 Å². The van der Waals surface area contributed by atoms with E-state index in [1.165, 1.54) is 14.1 Å². The fourth-order valence-corrected chi connectivity index (χ4v) is 3.26. The van der Waals surface area contributed by atoms with Gasteiger partial charge in [-0.25, -0.2) is 17.9 Å². The number of ether oxygens (including phenoxy) is 1. The van der Waals surface area contributed by atoms with E-state index in [4.69, 9.17) is 4.74 Å². The molecule has 0 bridgehead atoms. The predicted molar refractivity (Wildman–Crippen MR) is 88.8 cm³/mol. The molecule has 1 aromatic carbocycles. The van der Waals surface area contributed by atoms with Crippen LogP contribution in [0, 0.1) is 6.92 Å². The van der Waals surface area contributed by atoms with Gasteiger partial charge in [0.05, 0.1) is 0 Å². The fourth-order valence-electron chi connectivity index (χ4n) is 2.09. The molecule has 0 saturated heterocycles. The molecule has 0 fully saturated rings. The summed E-state index contributed by atoms with van der Waals surface area (Å²) in [5, 5.41) is 0. The molecule has 1 N–H and O–H groups in total. The number of aromatic nitrogens is 2. The number of nitrogens with zero attached hydrogens (tertiary/aromatic N) is 2. The first kappa shape index (κ1) is 18.0. The molecule has 0 aliphatic carbocycles. The van der Waals surface area contributed by atoms with E-state index in [2.05, 4.69) is 4.72 Å². The molecule has 0 amide bonds. The van der Waals surface area contributed by atoms with Crippen molar-refractivity contribution in [1.29, 1.82) is 0 Å². The Bertz CT molecular complexity index is 960. The number of para-hydroxylation sites is 1. The van der Waals surface area contributed by atoms with Crippen molar-refractivity contribution in [3.63, 3.8) is 0 Å². The van der Waals surface area contributed by atoms with Gasteiger partial charge in [-0.2, -0.15) is 0 Å². The minimum Gasteiger partial charge on any atom is -0.492 e. The van der Waals surface area contributed by atoms with Gasteiger partial charge < -0.3 is 9.30 Å². The summed E-state index contributed by atoms with van der Waals surface area (Å²) in [7, 11) is -1.44. The molecule has 0 atom stereocenters. The van der Waals surface area contributed by atoms with Crippen LogP contribution in [-0.2, 0) is 24.1 Å². The summed E-state index contributed by atoms with van der Waals surface area (Å²) in [4.78, 5) is 23.1. The maximum Gasteiger partial charge on any atom is 0.330 e. The van der Waals surface area contributed by atoms with Crippen LogP contribution < -0.4 is 20.7 Å². The minimum atomic E-state index is -4.04. The lowest BCUT2D eigenvalue weighted by atomic mass is 10.2. The molecule has 2 rings (SSSR count). The second-order valence-electron chi connectivity index (χ2n) is 5.26. The van der Waals surface area contributed by atoms with E-state index in [1.807, 2.05) is 25.1 Å². The van der Waals surface area contributed by atoms with E-state index in [0.717, 1.165) is 20.9 Å². The second kappa shape index (κ2) is 7.02. The number of nitrogens with one attached hydrogen (secondary N) is 1. The van der Waals surface area contributed by atoms with E-state index in [9.17, 15) is 18.0 Å². The van der Waals surface area contributed by atoms with E-state index < -0.39 is 26.2 Å². The average molecular weight is 353 g/mol. The third-order valence-corrected chi connectivity index (χ3v) is 4.89. The van der Waals surface area contributed by atoms with Crippen LogP contribution in [0.15, 0.2) is 44.9 Å². The molecule has 0 radical (unpaired) electrons. The summed E-state index contributed by atoms with van der Waals surface area (Å²) >= 11 is 0. The highest BCUT2D eigenvalue weighted by Crippen LogP contribution is 2.15. The molecule has 130 valence electrons. The molecule has 1 aromatic heterocycles. The molecular weight excluding hydrogens is 334 g/mol. The van der Waals surface area contributed by atoms with Crippen molar-refractivity contribution in [2.75, 3.05) is 13.2 Å². The third kappa shape index (κ3) is 3.74. The maximum atomic E-state index is 12.3. The smallest absolute Gasteiger partial charge is 0.330 e. The van der Waals surface area contributed by atoms with Gasteiger partial charge >= 0.3 is 5.69 Å². The van der Waals surface area contributed by atoms with Crippen LogP contribution in [0.2, 0.25) is 0 Å². The van der Waals surface area contributed by atoms with E-state index in [1.54, 1.807) is 6.07 Å². The van der Waals surface area contributed by atoms with Gasteiger partial charge in [0.2, 0.25) is 10.0 Å². The molecule has 0 saturated carbocycles. The van der Waals surface area contributed by atoms with Crippen molar-refractivity contribution in [1.82, 2.24) is 13.9 Å². The zero-order valence-electron chi connectivity index (χ0n) is 13.6. The first-order chi connectivity index (χ1) is 11.2. The molecule has 8 nitrogen and oxygen atoms in total. The Hall–Kier alpha value is -2.39. The molecule has 0 spiro atoms. The molecule has 0 unspecified atom stereocenters. The van der Waals surface area contributed by atoms with Crippen molar-refractivity contribution < 1.29 is 13.2 Å². The van der Waals surface area contributed by atoms with Crippen LogP contribution in [0.25, 0.3) is 0 Å². The monoisotopic (exact) mass is 353 g/mol. The summed E-state index contributed by atoms with van der Waals surface area (Å²) in [5.41, 5.74) is -0.528. The van der Waals surface area contributed by atoms with E-state index in [-0.39, 0.29) is 13.2 Å². The van der Waals surface area contributed by atoms with Crippen LogP contribution in [-0.4, -0.2) is 30.7 Å². The van der Waals surface area contributed by atoms with Crippen molar-refractivity contribution in [2.24, 2.45) is 14.1 Å². The van der Waals surface area contributed by atoms with Gasteiger partial charge in [-0.3, -0.25) is 9.36 Å². The fraction of sp³-hybridized carbons (Fsp3) is 0.333. The van der Waals surface area contributed by atoms with Gasteiger partial charge in [-0.05, 0) is 18.6 Å². The Morgan fingerprint density at radius 3 is 2.50 bits per heavy atom. The number of aryl methyl sites for hydroxylation is 2. The van der Waals surface area contributed by atoms with E-state index in [0.29, 0.717) is 5.75 Å². The number of sulfonamides is 1. The lowest BCUT2D eigenvalue weighted by Crippen LogP contribution is -2.42. The molecule has 9 heteroatoms. The van der Waals surface area contributed by atoms with Gasteiger partial charge in [-0.15, -0.1) is 0 Å². The van der Waals surface area contributed by atoms with Crippen LogP contribution >= 0.6 is 0 Å². The molecule has 2 aromatic rings. The van der Waals surface area contributed by atoms with Crippen molar-refractivity contribution >= 4 is 10.0 Å². The van der Waals surface area contributed by atoms with Crippen molar-refractivity contribution in [3.8, 4) is 5.75 Å². The Morgan fingerprint density at radius 2 is 1.83 bits per heavy atom. The van der Waals surface area contributed by atoms with Crippen molar-refractivity contribution in [2.45, 2.75) is 11.8 Å². The lowest BCUT2D eigenvalue weighted by Gasteiger charge is -2.11. The Kier molecular flexibility index (Phi) is 5.25. The van der Waals surface area contributed by atoms with Gasteiger partial charge in [0, 0.05) is 26.8 Å². The summed E-state index contributed by atoms with van der Waals surface area (Å²) in [5.74, 6) is 0.662. The lowest BCUT2D eigenvalue weighted by molar-refractivity contribution is 0.320. The first-order valence-electron chi connectivity index (χ1n) is 7.19.